The Kier molecular flexibility index (Phi) is 6.87. The van der Waals surface area contributed by atoms with Gasteiger partial charge in [-0.3, -0.25) is 4.79 Å². The van der Waals surface area contributed by atoms with Crippen molar-refractivity contribution < 1.29 is 9.53 Å². The summed E-state index contributed by atoms with van der Waals surface area (Å²) in [6.45, 7) is 8.41. The number of benzene rings is 2. The van der Waals surface area contributed by atoms with Crippen LogP contribution in [0.5, 0.6) is 0 Å². The van der Waals surface area contributed by atoms with Crippen molar-refractivity contribution in [2.24, 2.45) is 5.92 Å². The van der Waals surface area contributed by atoms with Crippen LogP contribution in [-0.4, -0.2) is 18.7 Å². The van der Waals surface area contributed by atoms with E-state index >= 15 is 0 Å². The summed E-state index contributed by atoms with van der Waals surface area (Å²) in [7, 11) is 0. The van der Waals surface area contributed by atoms with Crippen LogP contribution in [0.3, 0.4) is 0 Å². The fourth-order valence-corrected chi connectivity index (χ4v) is 2.58. The summed E-state index contributed by atoms with van der Waals surface area (Å²) in [5, 5.41) is 7.00. The molecule has 0 aliphatic heterocycles. The van der Waals surface area contributed by atoms with Crippen LogP contribution in [-0.2, 0) is 9.53 Å². The first-order valence-electron chi connectivity index (χ1n) is 8.80. The molecule has 4 heteroatoms. The second kappa shape index (κ2) is 9.11. The van der Waals surface area contributed by atoms with Crippen LogP contribution in [0.15, 0.2) is 48.5 Å². The summed E-state index contributed by atoms with van der Waals surface area (Å²) in [5.74, 6) is -0.113. The number of esters is 1. The van der Waals surface area contributed by atoms with E-state index in [-0.39, 0.29) is 18.1 Å². The van der Waals surface area contributed by atoms with Gasteiger partial charge >= 0.3 is 5.97 Å². The molecule has 0 saturated heterocycles. The largest absolute Gasteiger partial charge is 0.466 e. The maximum Gasteiger partial charge on any atom is 0.306 e. The van der Waals surface area contributed by atoms with Gasteiger partial charge in [0.25, 0.3) is 0 Å². The highest BCUT2D eigenvalue weighted by Gasteiger charge is 2.21. The maximum absolute atomic E-state index is 11.9. The highest BCUT2D eigenvalue weighted by atomic mass is 16.5. The Morgan fingerprint density at radius 3 is 1.76 bits per heavy atom. The van der Waals surface area contributed by atoms with Crippen molar-refractivity contribution in [2.45, 2.75) is 40.3 Å². The van der Waals surface area contributed by atoms with Crippen LogP contribution in [0.4, 0.5) is 11.4 Å². The van der Waals surface area contributed by atoms with E-state index in [4.69, 9.17) is 4.74 Å². The van der Waals surface area contributed by atoms with Crippen LogP contribution < -0.4 is 10.6 Å². The number of hydrogen-bond donors (Lipinski definition) is 2. The quantitative estimate of drug-likeness (QED) is 0.538. The molecule has 0 saturated carbocycles. The topological polar surface area (TPSA) is 50.4 Å². The van der Waals surface area contributed by atoms with E-state index in [0.29, 0.717) is 13.0 Å². The van der Waals surface area contributed by atoms with Crippen molar-refractivity contribution in [1.29, 1.82) is 0 Å². The molecule has 0 unspecified atom stereocenters. The zero-order valence-electron chi connectivity index (χ0n) is 15.5. The van der Waals surface area contributed by atoms with Crippen molar-refractivity contribution in [3.63, 3.8) is 0 Å². The average molecular weight is 340 g/mol. The number of hydrogen-bond acceptors (Lipinski definition) is 4. The Labute approximate surface area is 150 Å². The molecule has 0 radical (unpaired) electrons. The minimum absolute atomic E-state index is 0.0571. The summed E-state index contributed by atoms with van der Waals surface area (Å²) in [6, 6.07) is 16.5. The van der Waals surface area contributed by atoms with Crippen LogP contribution in [0, 0.1) is 19.8 Å². The zero-order valence-corrected chi connectivity index (χ0v) is 15.5. The fourth-order valence-electron chi connectivity index (χ4n) is 2.58. The first kappa shape index (κ1) is 18.8. The lowest BCUT2D eigenvalue weighted by Gasteiger charge is -2.28. The number of nitrogens with one attached hydrogen (secondary N) is 2. The van der Waals surface area contributed by atoms with Crippen LogP contribution >= 0.6 is 0 Å². The molecule has 0 spiro atoms. The molecule has 2 aromatic carbocycles. The third kappa shape index (κ3) is 6.14. The Balaban J connectivity index is 2.12. The molecule has 2 rings (SSSR count). The number of aryl methyl sites for hydroxylation is 2. The van der Waals surface area contributed by atoms with Crippen molar-refractivity contribution in [2.75, 3.05) is 17.2 Å². The lowest BCUT2D eigenvalue weighted by atomic mass is 10.0. The summed E-state index contributed by atoms with van der Waals surface area (Å²) in [4.78, 5) is 11.9. The molecule has 4 nitrogen and oxygen atoms in total. The van der Waals surface area contributed by atoms with Gasteiger partial charge in [0.1, 0.15) is 0 Å². The molecule has 25 heavy (non-hydrogen) atoms. The zero-order chi connectivity index (χ0) is 18.2. The Morgan fingerprint density at radius 1 is 0.920 bits per heavy atom. The molecule has 2 N–H and O–H groups in total. The summed E-state index contributed by atoms with van der Waals surface area (Å²) >= 11 is 0. The smallest absolute Gasteiger partial charge is 0.306 e. The van der Waals surface area contributed by atoms with Gasteiger partial charge in [0.05, 0.1) is 19.2 Å². The van der Waals surface area contributed by atoms with Gasteiger partial charge in [-0.25, -0.2) is 0 Å². The van der Waals surface area contributed by atoms with Gasteiger partial charge in [-0.1, -0.05) is 42.3 Å². The van der Waals surface area contributed by atoms with Crippen LogP contribution in [0.2, 0.25) is 0 Å². The van der Waals surface area contributed by atoms with Crippen LogP contribution in [0.25, 0.3) is 0 Å². The average Bonchev–Trinajstić information content (AvgIpc) is 2.58. The second-order valence-electron chi connectivity index (χ2n) is 6.48. The van der Waals surface area contributed by atoms with Gasteiger partial charge in [0.2, 0.25) is 0 Å². The van der Waals surface area contributed by atoms with Gasteiger partial charge < -0.3 is 15.4 Å². The van der Waals surface area contributed by atoms with Gasteiger partial charge in [-0.05, 0) is 45.0 Å². The number of anilines is 2. The van der Waals surface area contributed by atoms with Crippen molar-refractivity contribution in [3.05, 3.63) is 59.7 Å². The molecule has 2 aromatic rings. The summed E-state index contributed by atoms with van der Waals surface area (Å²) in [6.07, 6.45) is 0.269. The van der Waals surface area contributed by atoms with E-state index in [1.165, 1.54) is 11.1 Å². The number of rotatable bonds is 8. The number of carbonyl (C=O) groups is 1. The highest BCUT2D eigenvalue weighted by molar-refractivity contribution is 5.70. The maximum atomic E-state index is 11.9. The molecule has 0 aliphatic carbocycles. The van der Waals surface area contributed by atoms with Gasteiger partial charge in [0, 0.05) is 17.3 Å². The predicted molar refractivity (Wildman–Crippen MR) is 104 cm³/mol. The van der Waals surface area contributed by atoms with E-state index in [1.807, 2.05) is 13.8 Å². The predicted octanol–water partition coefficient (Wildman–Crippen LogP) is 4.74. The third-order valence-electron chi connectivity index (χ3n) is 4.11. The molecule has 0 aromatic heterocycles. The van der Waals surface area contributed by atoms with E-state index in [1.54, 1.807) is 0 Å². The highest BCUT2D eigenvalue weighted by Crippen LogP contribution is 2.20. The minimum atomic E-state index is -0.170. The lowest BCUT2D eigenvalue weighted by molar-refractivity contribution is -0.144. The third-order valence-corrected chi connectivity index (χ3v) is 4.11. The first-order chi connectivity index (χ1) is 12.0. The van der Waals surface area contributed by atoms with E-state index in [0.717, 1.165) is 11.4 Å². The normalized spacial score (nSPS) is 11.9. The lowest BCUT2D eigenvalue weighted by Crippen LogP contribution is -2.36. The summed E-state index contributed by atoms with van der Waals surface area (Å²) < 4.78 is 5.10. The molecular formula is C21H28N2O2. The molecular weight excluding hydrogens is 312 g/mol. The first-order valence-corrected chi connectivity index (χ1v) is 8.80. The summed E-state index contributed by atoms with van der Waals surface area (Å²) in [5.41, 5.74) is 4.47. The minimum Gasteiger partial charge on any atom is -0.466 e. The molecule has 0 heterocycles. The second-order valence-corrected chi connectivity index (χ2v) is 6.48. The molecule has 0 amide bonds. The number of carbonyl (C=O) groups excluding carboxylic acids is 1. The molecule has 0 aliphatic rings. The van der Waals surface area contributed by atoms with E-state index in [9.17, 15) is 4.79 Å². The van der Waals surface area contributed by atoms with Crippen molar-refractivity contribution >= 4 is 17.3 Å². The monoisotopic (exact) mass is 340 g/mol. The molecule has 0 bridgehead atoms. The molecule has 1 atom stereocenters. The molecule has 134 valence electrons. The van der Waals surface area contributed by atoms with Crippen LogP contribution in [0.1, 0.15) is 31.4 Å². The van der Waals surface area contributed by atoms with Gasteiger partial charge in [-0.15, -0.1) is 0 Å². The van der Waals surface area contributed by atoms with E-state index in [2.05, 4.69) is 73.0 Å². The molecule has 0 fully saturated rings. The Bertz CT molecular complexity index is 618. The van der Waals surface area contributed by atoms with Crippen molar-refractivity contribution in [3.8, 4) is 0 Å². The standard InChI is InChI=1S/C21H28N2O2/c1-5-25-20(24)14-17(4)21(22-18-10-6-15(2)7-11-18)23-19-12-8-16(3)9-13-19/h6-13,17,21-23H,5,14H2,1-4H3/t17-/m0/s1. The fraction of sp³-hybridized carbons (Fsp3) is 0.381. The Hall–Kier alpha value is -2.49. The SMILES string of the molecule is CCOC(=O)C[C@H](C)C(Nc1ccc(C)cc1)Nc1ccc(C)cc1. The van der Waals surface area contributed by atoms with Crippen molar-refractivity contribution in [1.82, 2.24) is 0 Å². The van der Waals surface area contributed by atoms with E-state index < -0.39 is 0 Å². The van der Waals surface area contributed by atoms with Gasteiger partial charge in [0.15, 0.2) is 0 Å². The van der Waals surface area contributed by atoms with Gasteiger partial charge in [-0.2, -0.15) is 0 Å². The number of ether oxygens (including phenoxy) is 1. The Morgan fingerprint density at radius 2 is 1.36 bits per heavy atom.